The standard InChI is InChI=1S/C22H28N2O6/c1-4-23-21(25)14-30-19-11-10-16(12-20(19)27-3)13-24-22(26)15-29-18-9-7-6-8-17(18)28-5-2/h6-12H,4-5,13-15H2,1-3H3,(H,23,25)(H,24,26). The number of benzene rings is 2. The monoisotopic (exact) mass is 416 g/mol. The number of hydrogen-bond donors (Lipinski definition) is 2. The second-order valence-electron chi connectivity index (χ2n) is 6.17. The Morgan fingerprint density at radius 1 is 0.800 bits per heavy atom. The van der Waals surface area contributed by atoms with Gasteiger partial charge >= 0.3 is 0 Å². The summed E-state index contributed by atoms with van der Waals surface area (Å²) in [5.41, 5.74) is 0.820. The topological polar surface area (TPSA) is 95.1 Å². The van der Waals surface area contributed by atoms with E-state index < -0.39 is 0 Å². The van der Waals surface area contributed by atoms with E-state index in [1.54, 1.807) is 30.3 Å². The average molecular weight is 416 g/mol. The molecule has 0 saturated heterocycles. The Balaban J connectivity index is 1.86. The summed E-state index contributed by atoms with van der Waals surface area (Å²) in [5.74, 6) is 1.58. The number of para-hydroxylation sites is 2. The van der Waals surface area contributed by atoms with Crippen molar-refractivity contribution in [1.82, 2.24) is 10.6 Å². The molecule has 2 amide bonds. The molecule has 0 fully saturated rings. The van der Waals surface area contributed by atoms with Crippen LogP contribution in [0.15, 0.2) is 42.5 Å². The first-order chi connectivity index (χ1) is 14.6. The van der Waals surface area contributed by atoms with E-state index in [4.69, 9.17) is 18.9 Å². The van der Waals surface area contributed by atoms with Gasteiger partial charge in [0.25, 0.3) is 11.8 Å². The zero-order chi connectivity index (χ0) is 21.8. The summed E-state index contributed by atoms with van der Waals surface area (Å²) in [4.78, 5) is 23.7. The van der Waals surface area contributed by atoms with Gasteiger partial charge in [-0.15, -0.1) is 0 Å². The maximum Gasteiger partial charge on any atom is 0.258 e. The van der Waals surface area contributed by atoms with Gasteiger partial charge in [0.05, 0.1) is 13.7 Å². The van der Waals surface area contributed by atoms with Crippen LogP contribution in [-0.2, 0) is 16.1 Å². The van der Waals surface area contributed by atoms with Gasteiger partial charge in [0, 0.05) is 13.1 Å². The SMILES string of the molecule is CCNC(=O)COc1ccc(CNC(=O)COc2ccccc2OCC)cc1OC. The van der Waals surface area contributed by atoms with Crippen LogP contribution in [0.1, 0.15) is 19.4 Å². The third kappa shape index (κ3) is 7.20. The molecule has 0 spiro atoms. The minimum atomic E-state index is -0.267. The summed E-state index contributed by atoms with van der Waals surface area (Å²) >= 11 is 0. The Hall–Kier alpha value is -3.42. The fraction of sp³-hybridized carbons (Fsp3) is 0.364. The first-order valence-electron chi connectivity index (χ1n) is 9.75. The van der Waals surface area contributed by atoms with Crippen LogP contribution in [0, 0.1) is 0 Å². The fourth-order valence-corrected chi connectivity index (χ4v) is 2.57. The minimum Gasteiger partial charge on any atom is -0.493 e. The molecular formula is C22H28N2O6. The molecule has 0 aliphatic rings. The lowest BCUT2D eigenvalue weighted by Gasteiger charge is -2.13. The van der Waals surface area contributed by atoms with Crippen LogP contribution in [0.4, 0.5) is 0 Å². The van der Waals surface area contributed by atoms with E-state index in [1.807, 2.05) is 26.0 Å². The van der Waals surface area contributed by atoms with Crippen LogP contribution in [-0.4, -0.2) is 45.3 Å². The lowest BCUT2D eigenvalue weighted by molar-refractivity contribution is -0.123. The smallest absolute Gasteiger partial charge is 0.258 e. The van der Waals surface area contributed by atoms with Gasteiger partial charge in [-0.25, -0.2) is 0 Å². The van der Waals surface area contributed by atoms with Crippen molar-refractivity contribution in [3.63, 3.8) is 0 Å². The molecule has 0 saturated carbocycles. The first kappa shape index (κ1) is 22.9. The van der Waals surface area contributed by atoms with Crippen LogP contribution >= 0.6 is 0 Å². The normalized spacial score (nSPS) is 10.1. The van der Waals surface area contributed by atoms with Crippen molar-refractivity contribution in [3.05, 3.63) is 48.0 Å². The lowest BCUT2D eigenvalue weighted by atomic mass is 10.2. The quantitative estimate of drug-likeness (QED) is 0.551. The molecule has 0 unspecified atom stereocenters. The molecule has 0 radical (unpaired) electrons. The van der Waals surface area contributed by atoms with Gasteiger partial charge in [-0.2, -0.15) is 0 Å². The molecule has 162 valence electrons. The Labute approximate surface area is 176 Å². The number of rotatable bonds is 12. The number of carbonyl (C=O) groups excluding carboxylic acids is 2. The van der Waals surface area contributed by atoms with Crippen molar-refractivity contribution in [3.8, 4) is 23.0 Å². The molecule has 0 heterocycles. The van der Waals surface area contributed by atoms with E-state index >= 15 is 0 Å². The highest BCUT2D eigenvalue weighted by Gasteiger charge is 2.10. The van der Waals surface area contributed by atoms with Crippen LogP contribution < -0.4 is 29.6 Å². The third-order valence-electron chi connectivity index (χ3n) is 3.96. The summed E-state index contributed by atoms with van der Waals surface area (Å²) in [7, 11) is 1.51. The number of carbonyl (C=O) groups is 2. The molecule has 0 atom stereocenters. The average Bonchev–Trinajstić information content (AvgIpc) is 2.76. The molecule has 8 heteroatoms. The molecule has 0 bridgehead atoms. The van der Waals surface area contributed by atoms with Crippen molar-refractivity contribution >= 4 is 11.8 Å². The van der Waals surface area contributed by atoms with Crippen LogP contribution in [0.5, 0.6) is 23.0 Å². The van der Waals surface area contributed by atoms with Crippen molar-refractivity contribution in [2.45, 2.75) is 20.4 Å². The highest BCUT2D eigenvalue weighted by molar-refractivity contribution is 5.78. The molecule has 30 heavy (non-hydrogen) atoms. The van der Waals surface area contributed by atoms with Gasteiger partial charge in [-0.1, -0.05) is 18.2 Å². The van der Waals surface area contributed by atoms with E-state index in [0.29, 0.717) is 42.7 Å². The maximum atomic E-state index is 12.1. The molecule has 2 aromatic carbocycles. The molecule has 2 rings (SSSR count). The molecule has 0 aliphatic heterocycles. The predicted octanol–water partition coefficient (Wildman–Crippen LogP) is 2.30. The van der Waals surface area contributed by atoms with Gasteiger partial charge in [0.2, 0.25) is 0 Å². The number of nitrogens with one attached hydrogen (secondary N) is 2. The third-order valence-corrected chi connectivity index (χ3v) is 3.96. The number of likely N-dealkylation sites (N-methyl/N-ethyl adjacent to an activating group) is 1. The molecule has 2 N–H and O–H groups in total. The number of hydrogen-bond acceptors (Lipinski definition) is 6. The molecule has 2 aromatic rings. The lowest BCUT2D eigenvalue weighted by Crippen LogP contribution is -2.29. The summed E-state index contributed by atoms with van der Waals surface area (Å²) in [5, 5.41) is 5.45. The molecule has 0 aromatic heterocycles. The van der Waals surface area contributed by atoms with Crippen LogP contribution in [0.2, 0.25) is 0 Å². The second-order valence-corrected chi connectivity index (χ2v) is 6.17. The maximum absolute atomic E-state index is 12.1. The number of methoxy groups -OCH3 is 1. The number of amides is 2. The van der Waals surface area contributed by atoms with Crippen LogP contribution in [0.25, 0.3) is 0 Å². The first-order valence-corrected chi connectivity index (χ1v) is 9.75. The van der Waals surface area contributed by atoms with Crippen molar-refractivity contribution < 1.29 is 28.5 Å². The van der Waals surface area contributed by atoms with Crippen LogP contribution in [0.3, 0.4) is 0 Å². The van der Waals surface area contributed by atoms with Crippen molar-refractivity contribution in [2.75, 3.05) is 33.5 Å². The molecular weight excluding hydrogens is 388 g/mol. The Kier molecular flexibility index (Phi) is 9.30. The van der Waals surface area contributed by atoms with Gasteiger partial charge in [0.1, 0.15) is 0 Å². The summed E-state index contributed by atoms with van der Waals surface area (Å²) in [6, 6.07) is 12.4. The second kappa shape index (κ2) is 12.2. The van der Waals surface area contributed by atoms with E-state index in [1.165, 1.54) is 7.11 Å². The summed E-state index contributed by atoms with van der Waals surface area (Å²) in [6.45, 7) is 4.84. The van der Waals surface area contributed by atoms with Crippen molar-refractivity contribution in [1.29, 1.82) is 0 Å². The Morgan fingerprint density at radius 3 is 2.00 bits per heavy atom. The van der Waals surface area contributed by atoms with Crippen molar-refractivity contribution in [2.24, 2.45) is 0 Å². The predicted molar refractivity (Wildman–Crippen MR) is 112 cm³/mol. The zero-order valence-corrected chi connectivity index (χ0v) is 17.5. The van der Waals surface area contributed by atoms with E-state index in [2.05, 4.69) is 10.6 Å². The highest BCUT2D eigenvalue weighted by atomic mass is 16.5. The van der Waals surface area contributed by atoms with Gasteiger partial charge in [-0.3, -0.25) is 9.59 Å². The van der Waals surface area contributed by atoms with E-state index in [0.717, 1.165) is 5.56 Å². The summed E-state index contributed by atoms with van der Waals surface area (Å²) < 4.78 is 21.8. The molecule has 0 aliphatic carbocycles. The van der Waals surface area contributed by atoms with E-state index in [9.17, 15) is 9.59 Å². The molecule has 8 nitrogen and oxygen atoms in total. The highest BCUT2D eigenvalue weighted by Crippen LogP contribution is 2.28. The van der Waals surface area contributed by atoms with Gasteiger partial charge in [0.15, 0.2) is 36.2 Å². The Morgan fingerprint density at radius 2 is 1.40 bits per heavy atom. The summed E-state index contributed by atoms with van der Waals surface area (Å²) in [6.07, 6.45) is 0. The largest absolute Gasteiger partial charge is 0.493 e. The Bertz CT molecular complexity index is 840. The minimum absolute atomic E-state index is 0.0964. The fourth-order valence-electron chi connectivity index (χ4n) is 2.57. The zero-order valence-electron chi connectivity index (χ0n) is 17.5. The van der Waals surface area contributed by atoms with E-state index in [-0.39, 0.29) is 25.0 Å². The number of ether oxygens (including phenoxy) is 4. The van der Waals surface area contributed by atoms with Gasteiger partial charge < -0.3 is 29.6 Å². The van der Waals surface area contributed by atoms with Gasteiger partial charge in [-0.05, 0) is 43.7 Å².